The van der Waals surface area contributed by atoms with Crippen molar-refractivity contribution in [3.05, 3.63) is 22.7 Å². The molecule has 0 bridgehead atoms. The zero-order valence-corrected chi connectivity index (χ0v) is 9.75. The minimum atomic E-state index is -1.73. The normalized spacial score (nSPS) is 31.7. The van der Waals surface area contributed by atoms with Crippen LogP contribution in [-0.2, 0) is 9.47 Å². The fourth-order valence-corrected chi connectivity index (χ4v) is 1.90. The number of nitrogen functional groups attached to an aromatic ring is 1. The van der Waals surface area contributed by atoms with Crippen LogP contribution in [-0.4, -0.2) is 40.3 Å². The first-order valence-electron chi connectivity index (χ1n) is 5.35. The summed E-state index contributed by atoms with van der Waals surface area (Å²) in [7, 11) is 1.23. The molecule has 0 amide bonds. The predicted molar refractivity (Wildman–Crippen MR) is 59.4 cm³/mol. The maximum atomic E-state index is 13.8. The summed E-state index contributed by atoms with van der Waals surface area (Å²) in [4.78, 5) is 15.1. The highest BCUT2D eigenvalue weighted by molar-refractivity contribution is 5.23. The molecule has 0 aromatic carbocycles. The maximum absolute atomic E-state index is 13.8. The number of rotatable bonds is 3. The van der Waals surface area contributed by atoms with E-state index in [1.165, 1.54) is 19.4 Å². The maximum Gasteiger partial charge on any atom is 0.351 e. The van der Waals surface area contributed by atoms with Crippen molar-refractivity contribution in [1.82, 2.24) is 9.55 Å². The zero-order chi connectivity index (χ0) is 13.3. The summed E-state index contributed by atoms with van der Waals surface area (Å²) in [6.45, 7) is -0.641. The molecule has 0 radical (unpaired) electrons. The van der Waals surface area contributed by atoms with Crippen LogP contribution in [0.3, 0.4) is 0 Å². The van der Waals surface area contributed by atoms with Crippen LogP contribution in [0.2, 0.25) is 0 Å². The van der Waals surface area contributed by atoms with Crippen molar-refractivity contribution in [2.75, 3.05) is 19.5 Å². The van der Waals surface area contributed by atoms with Gasteiger partial charge in [0, 0.05) is 19.7 Å². The number of aliphatic hydroxyl groups excluding tert-OH is 1. The highest BCUT2D eigenvalue weighted by Crippen LogP contribution is 2.38. The molecule has 1 aromatic rings. The van der Waals surface area contributed by atoms with E-state index in [1.54, 1.807) is 0 Å². The Morgan fingerprint density at radius 2 is 2.56 bits per heavy atom. The van der Waals surface area contributed by atoms with Crippen molar-refractivity contribution in [2.45, 2.75) is 24.6 Å². The van der Waals surface area contributed by atoms with Gasteiger partial charge in [0.15, 0.2) is 6.17 Å². The molecule has 0 unspecified atom stereocenters. The quantitative estimate of drug-likeness (QED) is 0.753. The first-order valence-corrected chi connectivity index (χ1v) is 5.35. The first-order chi connectivity index (χ1) is 8.52. The summed E-state index contributed by atoms with van der Waals surface area (Å²) < 4.78 is 25.1. The van der Waals surface area contributed by atoms with Gasteiger partial charge >= 0.3 is 5.69 Å². The Morgan fingerprint density at radius 1 is 1.83 bits per heavy atom. The van der Waals surface area contributed by atoms with Crippen LogP contribution in [0.1, 0.15) is 12.6 Å². The lowest BCUT2D eigenvalue weighted by molar-refractivity contribution is -0.260. The zero-order valence-electron chi connectivity index (χ0n) is 9.75. The van der Waals surface area contributed by atoms with Crippen LogP contribution in [0.4, 0.5) is 10.2 Å². The number of alkyl halides is 1. The van der Waals surface area contributed by atoms with Crippen LogP contribution in [0.5, 0.6) is 0 Å². The van der Waals surface area contributed by atoms with Gasteiger partial charge in [0.1, 0.15) is 18.7 Å². The lowest BCUT2D eigenvalue weighted by Gasteiger charge is -2.26. The van der Waals surface area contributed by atoms with Gasteiger partial charge in [-0.1, -0.05) is 0 Å². The van der Waals surface area contributed by atoms with Gasteiger partial charge in [-0.25, -0.2) is 9.18 Å². The van der Waals surface area contributed by atoms with E-state index in [0.29, 0.717) is 0 Å². The van der Waals surface area contributed by atoms with Crippen LogP contribution < -0.4 is 11.4 Å². The molecule has 0 saturated carbocycles. The number of nitrogens with two attached hydrogens (primary N) is 1. The van der Waals surface area contributed by atoms with E-state index >= 15 is 0 Å². The van der Waals surface area contributed by atoms with E-state index in [-0.39, 0.29) is 12.2 Å². The second kappa shape index (κ2) is 4.63. The summed E-state index contributed by atoms with van der Waals surface area (Å²) in [5, 5.41) is 9.15. The van der Waals surface area contributed by atoms with Crippen molar-refractivity contribution in [3.8, 4) is 0 Å². The molecular formula is C10H14FN3O4. The average molecular weight is 259 g/mol. The Bertz CT molecular complexity index is 488. The van der Waals surface area contributed by atoms with E-state index in [9.17, 15) is 9.18 Å². The van der Waals surface area contributed by atoms with Crippen molar-refractivity contribution in [2.24, 2.45) is 0 Å². The summed E-state index contributed by atoms with van der Waals surface area (Å²) in [5.74, 6) is -1.66. The van der Waals surface area contributed by atoms with E-state index < -0.39 is 30.5 Å². The molecule has 1 aliphatic rings. The molecule has 100 valence electrons. The molecule has 2 rings (SSSR count). The monoisotopic (exact) mass is 259 g/mol. The summed E-state index contributed by atoms with van der Waals surface area (Å²) >= 11 is 0. The third-order valence-electron chi connectivity index (χ3n) is 2.95. The van der Waals surface area contributed by atoms with Crippen LogP contribution in [0.25, 0.3) is 0 Å². The van der Waals surface area contributed by atoms with Crippen molar-refractivity contribution < 1.29 is 19.0 Å². The SMILES string of the molecule is CO[C@]1(CO)O[C@@H](n2ccc(N)nc2=O)C[C@@H]1F. The Morgan fingerprint density at radius 3 is 3.06 bits per heavy atom. The number of ether oxygens (including phenoxy) is 2. The molecule has 0 aliphatic carbocycles. The summed E-state index contributed by atoms with van der Waals surface area (Å²) in [6.07, 6.45) is -1.17. The van der Waals surface area contributed by atoms with E-state index in [0.717, 1.165) is 4.57 Å². The molecular weight excluding hydrogens is 245 g/mol. The topological polar surface area (TPSA) is 99.6 Å². The molecule has 3 N–H and O–H groups in total. The molecule has 8 heteroatoms. The molecule has 7 nitrogen and oxygen atoms in total. The number of aromatic nitrogens is 2. The molecule has 1 fully saturated rings. The Hall–Kier alpha value is -1.51. The van der Waals surface area contributed by atoms with Gasteiger partial charge in [0.05, 0.1) is 0 Å². The molecule has 3 atom stereocenters. The molecule has 1 aromatic heterocycles. The fraction of sp³-hybridized carbons (Fsp3) is 0.600. The average Bonchev–Trinajstić information content (AvgIpc) is 2.67. The number of hydrogen-bond acceptors (Lipinski definition) is 6. The standard InChI is InChI=1S/C10H14FN3O4/c1-17-10(5-15)6(11)4-8(18-10)14-3-2-7(12)13-9(14)16/h2-3,6,8,15H,4-5H2,1H3,(H2,12,13,16)/t6-,8+,10+/m0/s1. The Kier molecular flexibility index (Phi) is 3.33. The van der Waals surface area contributed by atoms with Crippen molar-refractivity contribution >= 4 is 5.82 Å². The van der Waals surface area contributed by atoms with Crippen LogP contribution in [0.15, 0.2) is 17.1 Å². The third kappa shape index (κ3) is 1.98. The van der Waals surface area contributed by atoms with E-state index in [1.807, 2.05) is 0 Å². The van der Waals surface area contributed by atoms with E-state index in [2.05, 4.69) is 4.98 Å². The lowest BCUT2D eigenvalue weighted by atomic mass is 10.1. The Labute approximate surface area is 102 Å². The fourth-order valence-electron chi connectivity index (χ4n) is 1.90. The van der Waals surface area contributed by atoms with Gasteiger partial charge in [-0.2, -0.15) is 4.98 Å². The number of nitrogens with zero attached hydrogens (tertiary/aromatic N) is 2. The number of anilines is 1. The van der Waals surface area contributed by atoms with Gasteiger partial charge in [0.2, 0.25) is 5.79 Å². The largest absolute Gasteiger partial charge is 0.391 e. The van der Waals surface area contributed by atoms with Crippen LogP contribution in [0, 0.1) is 0 Å². The molecule has 18 heavy (non-hydrogen) atoms. The lowest BCUT2D eigenvalue weighted by Crippen LogP contribution is -2.43. The number of methoxy groups -OCH3 is 1. The molecule has 1 saturated heterocycles. The van der Waals surface area contributed by atoms with Gasteiger partial charge in [-0.15, -0.1) is 0 Å². The van der Waals surface area contributed by atoms with Crippen molar-refractivity contribution in [3.63, 3.8) is 0 Å². The molecule has 1 aliphatic heterocycles. The highest BCUT2D eigenvalue weighted by atomic mass is 19.1. The molecule has 2 heterocycles. The van der Waals surface area contributed by atoms with E-state index in [4.69, 9.17) is 20.3 Å². The number of halogens is 1. The number of aliphatic hydroxyl groups is 1. The van der Waals surface area contributed by atoms with Gasteiger partial charge < -0.3 is 20.3 Å². The predicted octanol–water partition coefficient (Wildman–Crippen LogP) is -0.583. The number of hydrogen-bond donors (Lipinski definition) is 2. The Balaban J connectivity index is 2.30. The third-order valence-corrected chi connectivity index (χ3v) is 2.95. The minimum absolute atomic E-state index is 0.0752. The summed E-state index contributed by atoms with van der Waals surface area (Å²) in [6, 6.07) is 1.41. The van der Waals surface area contributed by atoms with Crippen molar-refractivity contribution in [1.29, 1.82) is 0 Å². The van der Waals surface area contributed by atoms with Gasteiger partial charge in [-0.05, 0) is 6.07 Å². The summed E-state index contributed by atoms with van der Waals surface area (Å²) in [5.41, 5.74) is 4.71. The highest BCUT2D eigenvalue weighted by Gasteiger charge is 2.50. The van der Waals surface area contributed by atoms with Crippen LogP contribution >= 0.6 is 0 Å². The smallest absolute Gasteiger partial charge is 0.351 e. The first kappa shape index (κ1) is 12.9. The minimum Gasteiger partial charge on any atom is -0.391 e. The van der Waals surface area contributed by atoms with Gasteiger partial charge in [0.25, 0.3) is 0 Å². The van der Waals surface area contributed by atoms with Gasteiger partial charge in [-0.3, -0.25) is 4.57 Å². The molecule has 0 spiro atoms. The second-order valence-electron chi connectivity index (χ2n) is 3.99. The second-order valence-corrected chi connectivity index (χ2v) is 3.99.